The fraction of sp³-hybridized carbons (Fsp3) is 0.333. The smallest absolute Gasteiger partial charge is 0.0827 e. The standard InChI is InChI=1S/C18H21NO/c1-13(2)12-20-19-18-16-9-5-3-7-14(16)11-15-8-4-6-10-17(15)18/h3-10,13,18-19H,11-12H2,1-2H3. The Morgan fingerprint density at radius 3 is 2.10 bits per heavy atom. The van der Waals surface area contributed by atoms with Gasteiger partial charge in [0.2, 0.25) is 0 Å². The Morgan fingerprint density at radius 2 is 1.55 bits per heavy atom. The van der Waals surface area contributed by atoms with Crippen LogP contribution in [0.1, 0.15) is 42.1 Å². The highest BCUT2D eigenvalue weighted by Gasteiger charge is 2.24. The van der Waals surface area contributed by atoms with Gasteiger partial charge in [-0.2, -0.15) is 5.48 Å². The molecule has 2 aromatic rings. The van der Waals surface area contributed by atoms with E-state index in [1.807, 2.05) is 0 Å². The van der Waals surface area contributed by atoms with Crippen molar-refractivity contribution in [3.63, 3.8) is 0 Å². The van der Waals surface area contributed by atoms with Crippen molar-refractivity contribution < 1.29 is 4.84 Å². The maximum absolute atomic E-state index is 5.70. The lowest BCUT2D eigenvalue weighted by Gasteiger charge is -2.29. The molecule has 3 rings (SSSR count). The van der Waals surface area contributed by atoms with Crippen molar-refractivity contribution in [2.24, 2.45) is 5.92 Å². The molecule has 0 unspecified atom stereocenters. The van der Waals surface area contributed by atoms with Crippen molar-refractivity contribution in [2.45, 2.75) is 26.3 Å². The van der Waals surface area contributed by atoms with E-state index in [1.165, 1.54) is 22.3 Å². The molecule has 0 saturated heterocycles. The zero-order valence-electron chi connectivity index (χ0n) is 12.1. The van der Waals surface area contributed by atoms with Crippen molar-refractivity contribution in [3.8, 4) is 0 Å². The van der Waals surface area contributed by atoms with Crippen LogP contribution in [0.5, 0.6) is 0 Å². The topological polar surface area (TPSA) is 21.3 Å². The Bertz CT molecular complexity index is 546. The van der Waals surface area contributed by atoms with Crippen LogP contribution in [0.15, 0.2) is 48.5 Å². The average molecular weight is 267 g/mol. The van der Waals surface area contributed by atoms with E-state index < -0.39 is 0 Å². The third kappa shape index (κ3) is 2.62. The van der Waals surface area contributed by atoms with Gasteiger partial charge in [-0.15, -0.1) is 0 Å². The molecule has 104 valence electrons. The molecule has 0 fully saturated rings. The normalized spacial score (nSPS) is 14.2. The lowest BCUT2D eigenvalue weighted by Crippen LogP contribution is -2.28. The molecular formula is C18H21NO. The first-order valence-corrected chi connectivity index (χ1v) is 7.28. The van der Waals surface area contributed by atoms with Gasteiger partial charge in [-0.3, -0.25) is 0 Å². The molecule has 1 aliphatic rings. The Labute approximate surface area is 120 Å². The van der Waals surface area contributed by atoms with Gasteiger partial charge >= 0.3 is 0 Å². The van der Waals surface area contributed by atoms with Crippen LogP contribution in [-0.2, 0) is 11.3 Å². The summed E-state index contributed by atoms with van der Waals surface area (Å²) < 4.78 is 0. The predicted molar refractivity (Wildman–Crippen MR) is 81.5 cm³/mol. The van der Waals surface area contributed by atoms with Crippen molar-refractivity contribution in [2.75, 3.05) is 6.61 Å². The molecule has 0 spiro atoms. The van der Waals surface area contributed by atoms with Gasteiger partial charge in [0.15, 0.2) is 0 Å². The molecule has 2 heteroatoms. The van der Waals surface area contributed by atoms with Crippen LogP contribution in [-0.4, -0.2) is 6.61 Å². The summed E-state index contributed by atoms with van der Waals surface area (Å²) in [6.07, 6.45) is 1.01. The minimum absolute atomic E-state index is 0.134. The number of benzene rings is 2. The summed E-state index contributed by atoms with van der Waals surface area (Å²) in [6, 6.07) is 17.4. The molecule has 0 aliphatic heterocycles. The summed E-state index contributed by atoms with van der Waals surface area (Å²) in [5.74, 6) is 0.525. The van der Waals surface area contributed by atoms with E-state index in [0.29, 0.717) is 5.92 Å². The first-order valence-electron chi connectivity index (χ1n) is 7.28. The summed E-state index contributed by atoms with van der Waals surface area (Å²) >= 11 is 0. The largest absolute Gasteiger partial charge is 0.301 e. The molecule has 0 aromatic heterocycles. The van der Waals surface area contributed by atoms with E-state index in [0.717, 1.165) is 13.0 Å². The van der Waals surface area contributed by atoms with Crippen LogP contribution in [0.4, 0.5) is 0 Å². The molecule has 0 radical (unpaired) electrons. The summed E-state index contributed by atoms with van der Waals surface area (Å²) in [6.45, 7) is 5.04. The zero-order valence-corrected chi connectivity index (χ0v) is 12.1. The second kappa shape index (κ2) is 5.78. The third-order valence-electron chi connectivity index (χ3n) is 3.73. The molecule has 20 heavy (non-hydrogen) atoms. The quantitative estimate of drug-likeness (QED) is 0.849. The first-order chi connectivity index (χ1) is 9.75. The second-order valence-electron chi connectivity index (χ2n) is 5.83. The van der Waals surface area contributed by atoms with Crippen LogP contribution in [0, 0.1) is 5.92 Å². The summed E-state index contributed by atoms with van der Waals surface area (Å²) in [7, 11) is 0. The SMILES string of the molecule is CC(C)CONC1c2ccccc2Cc2ccccc21. The summed E-state index contributed by atoms with van der Waals surface area (Å²) in [5.41, 5.74) is 8.69. The number of hydrogen-bond donors (Lipinski definition) is 1. The molecule has 2 nitrogen and oxygen atoms in total. The third-order valence-corrected chi connectivity index (χ3v) is 3.73. The number of rotatable bonds is 4. The fourth-order valence-corrected chi connectivity index (χ4v) is 2.75. The number of nitrogens with one attached hydrogen (secondary N) is 1. The van der Waals surface area contributed by atoms with Crippen LogP contribution in [0.25, 0.3) is 0 Å². The molecule has 0 atom stereocenters. The Hall–Kier alpha value is -1.64. The summed E-state index contributed by atoms with van der Waals surface area (Å²) in [5, 5.41) is 0. The van der Waals surface area contributed by atoms with Gasteiger partial charge in [0, 0.05) is 0 Å². The van der Waals surface area contributed by atoms with E-state index in [2.05, 4.69) is 67.9 Å². The Morgan fingerprint density at radius 1 is 1.00 bits per heavy atom. The van der Waals surface area contributed by atoms with Gasteiger partial charge in [0.05, 0.1) is 12.6 Å². The molecule has 0 bridgehead atoms. The van der Waals surface area contributed by atoms with Crippen LogP contribution in [0.2, 0.25) is 0 Å². The lowest BCUT2D eigenvalue weighted by atomic mass is 9.83. The van der Waals surface area contributed by atoms with E-state index in [1.54, 1.807) is 0 Å². The molecule has 0 amide bonds. The highest BCUT2D eigenvalue weighted by Crippen LogP contribution is 2.34. The van der Waals surface area contributed by atoms with Crippen LogP contribution < -0.4 is 5.48 Å². The minimum atomic E-state index is 0.134. The van der Waals surface area contributed by atoms with E-state index in [9.17, 15) is 0 Å². The number of hydroxylamine groups is 1. The number of fused-ring (bicyclic) bond motifs is 2. The molecule has 2 aromatic carbocycles. The van der Waals surface area contributed by atoms with Crippen molar-refractivity contribution in [1.82, 2.24) is 5.48 Å². The average Bonchev–Trinajstić information content (AvgIpc) is 2.46. The minimum Gasteiger partial charge on any atom is -0.301 e. The van der Waals surface area contributed by atoms with E-state index in [4.69, 9.17) is 4.84 Å². The molecular weight excluding hydrogens is 246 g/mol. The number of hydrogen-bond acceptors (Lipinski definition) is 2. The van der Waals surface area contributed by atoms with Gasteiger partial charge in [-0.25, -0.2) is 0 Å². The van der Waals surface area contributed by atoms with Gasteiger partial charge in [-0.05, 0) is 34.6 Å². The van der Waals surface area contributed by atoms with E-state index >= 15 is 0 Å². The zero-order chi connectivity index (χ0) is 13.9. The molecule has 1 aliphatic carbocycles. The molecule has 0 saturated carbocycles. The lowest BCUT2D eigenvalue weighted by molar-refractivity contribution is 0.00773. The van der Waals surface area contributed by atoms with Gasteiger partial charge in [0.1, 0.15) is 0 Å². The predicted octanol–water partition coefficient (Wildman–Crippen LogP) is 3.86. The van der Waals surface area contributed by atoms with Crippen molar-refractivity contribution >= 4 is 0 Å². The highest BCUT2D eigenvalue weighted by molar-refractivity contribution is 5.48. The maximum atomic E-state index is 5.70. The van der Waals surface area contributed by atoms with Gasteiger partial charge in [0.25, 0.3) is 0 Å². The van der Waals surface area contributed by atoms with Gasteiger partial charge in [-0.1, -0.05) is 62.4 Å². The summed E-state index contributed by atoms with van der Waals surface area (Å²) in [4.78, 5) is 5.70. The highest BCUT2D eigenvalue weighted by atomic mass is 16.6. The van der Waals surface area contributed by atoms with Crippen molar-refractivity contribution in [1.29, 1.82) is 0 Å². The van der Waals surface area contributed by atoms with E-state index in [-0.39, 0.29) is 6.04 Å². The van der Waals surface area contributed by atoms with Crippen LogP contribution in [0.3, 0.4) is 0 Å². The van der Waals surface area contributed by atoms with Gasteiger partial charge < -0.3 is 4.84 Å². The molecule has 0 heterocycles. The molecule has 1 N–H and O–H groups in total. The van der Waals surface area contributed by atoms with Crippen molar-refractivity contribution in [3.05, 3.63) is 70.8 Å². The Kier molecular flexibility index (Phi) is 3.86. The second-order valence-corrected chi connectivity index (χ2v) is 5.83. The fourth-order valence-electron chi connectivity index (χ4n) is 2.75. The first kappa shape index (κ1) is 13.3. The van der Waals surface area contributed by atoms with Crippen LogP contribution >= 0.6 is 0 Å². The maximum Gasteiger partial charge on any atom is 0.0827 e. The monoisotopic (exact) mass is 267 g/mol. The Balaban J connectivity index is 1.91.